The van der Waals surface area contributed by atoms with Crippen LogP contribution >= 0.6 is 0 Å². The lowest BCUT2D eigenvalue weighted by Gasteiger charge is -2.02. The summed E-state index contributed by atoms with van der Waals surface area (Å²) in [5.41, 5.74) is 10.5. The molecule has 0 amide bonds. The Kier molecular flexibility index (Phi) is 4.31. The van der Waals surface area contributed by atoms with E-state index in [1.807, 2.05) is 48.5 Å². The van der Waals surface area contributed by atoms with Gasteiger partial charge in [0.05, 0.1) is 11.9 Å². The molecule has 0 saturated heterocycles. The third-order valence-electron chi connectivity index (χ3n) is 4.15. The van der Waals surface area contributed by atoms with Gasteiger partial charge in [0.25, 0.3) is 0 Å². The summed E-state index contributed by atoms with van der Waals surface area (Å²) in [5.74, 6) is 0.248. The van der Waals surface area contributed by atoms with E-state index in [0.29, 0.717) is 0 Å². The Bertz CT molecular complexity index is 1130. The lowest BCUT2D eigenvalue weighted by molar-refractivity contribution is 1.01. The average molecular weight is 338 g/mol. The van der Waals surface area contributed by atoms with E-state index in [4.69, 9.17) is 5.73 Å². The van der Waals surface area contributed by atoms with Crippen LogP contribution in [0.15, 0.2) is 95.0 Å². The highest BCUT2D eigenvalue weighted by atomic mass is 15.3. The highest BCUT2D eigenvalue weighted by Gasteiger charge is 1.97. The Morgan fingerprint density at radius 3 is 2.08 bits per heavy atom. The largest absolute Gasteiger partial charge is 0.368 e. The maximum absolute atomic E-state index is 5.93. The molecular formula is C22H18N4. The standard InChI is InChI=1S/C22H18N4/c23-22(25-21-12-11-18-6-2-4-8-20(18)14-21)26-24-15-16-9-10-17-5-1-3-7-19(17)13-16/h1-15H,(H3,23,25,26). The van der Waals surface area contributed by atoms with Gasteiger partial charge in [0.2, 0.25) is 5.96 Å². The van der Waals surface area contributed by atoms with Gasteiger partial charge in [0.1, 0.15) is 0 Å². The van der Waals surface area contributed by atoms with E-state index in [9.17, 15) is 0 Å². The van der Waals surface area contributed by atoms with E-state index < -0.39 is 0 Å². The topological polar surface area (TPSA) is 62.8 Å². The van der Waals surface area contributed by atoms with Crippen molar-refractivity contribution in [3.05, 3.63) is 90.5 Å². The van der Waals surface area contributed by atoms with Crippen molar-refractivity contribution in [1.82, 2.24) is 5.43 Å². The molecule has 0 radical (unpaired) electrons. The first kappa shape index (κ1) is 15.8. The van der Waals surface area contributed by atoms with Gasteiger partial charge in [0.15, 0.2) is 0 Å². The van der Waals surface area contributed by atoms with Gasteiger partial charge in [-0.3, -0.25) is 0 Å². The van der Waals surface area contributed by atoms with Crippen molar-refractivity contribution in [3.8, 4) is 0 Å². The second-order valence-corrected chi connectivity index (χ2v) is 6.01. The normalized spacial score (nSPS) is 12.1. The van der Waals surface area contributed by atoms with E-state index in [-0.39, 0.29) is 5.96 Å². The lowest BCUT2D eigenvalue weighted by atomic mass is 10.1. The number of aliphatic imine (C=N–C) groups is 1. The maximum atomic E-state index is 5.93. The fraction of sp³-hybridized carbons (Fsp3) is 0. The first-order chi connectivity index (χ1) is 12.8. The van der Waals surface area contributed by atoms with Crippen LogP contribution in [-0.2, 0) is 0 Å². The number of fused-ring (bicyclic) bond motifs is 2. The predicted molar refractivity (Wildman–Crippen MR) is 110 cm³/mol. The van der Waals surface area contributed by atoms with E-state index >= 15 is 0 Å². The Balaban J connectivity index is 1.48. The summed E-state index contributed by atoms with van der Waals surface area (Å²) in [6.45, 7) is 0. The minimum Gasteiger partial charge on any atom is -0.368 e. The van der Waals surface area contributed by atoms with Gasteiger partial charge in [0, 0.05) is 0 Å². The molecule has 4 aromatic carbocycles. The van der Waals surface area contributed by atoms with Crippen LogP contribution in [0.4, 0.5) is 5.69 Å². The molecule has 0 aliphatic rings. The van der Waals surface area contributed by atoms with Gasteiger partial charge in [-0.25, -0.2) is 10.4 Å². The van der Waals surface area contributed by atoms with Crippen LogP contribution in [-0.4, -0.2) is 12.2 Å². The minimum atomic E-state index is 0.248. The first-order valence-corrected chi connectivity index (χ1v) is 8.39. The quantitative estimate of drug-likeness (QED) is 0.327. The molecule has 0 heterocycles. The molecule has 3 N–H and O–H groups in total. The fourth-order valence-corrected chi connectivity index (χ4v) is 2.87. The van der Waals surface area contributed by atoms with Crippen LogP contribution in [0.1, 0.15) is 5.56 Å². The number of hydrazone groups is 1. The molecule has 4 aromatic rings. The van der Waals surface area contributed by atoms with Gasteiger partial charge in [-0.1, -0.05) is 66.7 Å². The summed E-state index contributed by atoms with van der Waals surface area (Å²) < 4.78 is 0. The van der Waals surface area contributed by atoms with Crippen molar-refractivity contribution in [3.63, 3.8) is 0 Å². The molecular weight excluding hydrogens is 320 g/mol. The molecule has 0 fully saturated rings. The van der Waals surface area contributed by atoms with Crippen molar-refractivity contribution in [2.24, 2.45) is 15.8 Å². The minimum absolute atomic E-state index is 0.248. The van der Waals surface area contributed by atoms with Crippen LogP contribution in [0.25, 0.3) is 21.5 Å². The van der Waals surface area contributed by atoms with Gasteiger partial charge in [-0.05, 0) is 45.3 Å². The van der Waals surface area contributed by atoms with Crippen LogP contribution in [0.3, 0.4) is 0 Å². The SMILES string of the molecule is NC(=Nc1ccc2ccccc2c1)NN=Cc1ccc2ccccc2c1. The zero-order chi connectivity index (χ0) is 17.8. The number of guanidine groups is 1. The van der Waals surface area contributed by atoms with Crippen molar-refractivity contribution in [2.45, 2.75) is 0 Å². The smallest absolute Gasteiger partial charge is 0.214 e. The molecule has 0 saturated carbocycles. The predicted octanol–water partition coefficient (Wildman–Crippen LogP) is 4.56. The maximum Gasteiger partial charge on any atom is 0.214 e. The molecule has 0 aromatic heterocycles. The average Bonchev–Trinajstić information content (AvgIpc) is 2.68. The number of benzene rings is 4. The molecule has 0 spiro atoms. The number of nitrogens with two attached hydrogens (primary N) is 1. The molecule has 0 bridgehead atoms. The Labute approximate surface area is 151 Å². The summed E-state index contributed by atoms with van der Waals surface area (Å²) in [4.78, 5) is 4.36. The highest BCUT2D eigenvalue weighted by molar-refractivity contribution is 5.91. The molecule has 0 aliphatic carbocycles. The number of rotatable bonds is 3. The van der Waals surface area contributed by atoms with Crippen molar-refractivity contribution < 1.29 is 0 Å². The van der Waals surface area contributed by atoms with Crippen molar-refractivity contribution >= 4 is 39.4 Å². The highest BCUT2D eigenvalue weighted by Crippen LogP contribution is 2.20. The Morgan fingerprint density at radius 1 is 0.731 bits per heavy atom. The fourth-order valence-electron chi connectivity index (χ4n) is 2.87. The zero-order valence-corrected chi connectivity index (χ0v) is 14.1. The molecule has 0 aliphatic heterocycles. The number of hydrogen-bond acceptors (Lipinski definition) is 2. The lowest BCUT2D eigenvalue weighted by Crippen LogP contribution is -2.26. The molecule has 26 heavy (non-hydrogen) atoms. The van der Waals surface area contributed by atoms with Crippen LogP contribution in [0.5, 0.6) is 0 Å². The van der Waals surface area contributed by atoms with E-state index in [2.05, 4.69) is 51.9 Å². The van der Waals surface area contributed by atoms with E-state index in [1.165, 1.54) is 16.2 Å². The Morgan fingerprint density at radius 2 is 1.35 bits per heavy atom. The van der Waals surface area contributed by atoms with Crippen LogP contribution in [0, 0.1) is 0 Å². The summed E-state index contributed by atoms with van der Waals surface area (Å²) in [6.07, 6.45) is 1.73. The van der Waals surface area contributed by atoms with Crippen LogP contribution < -0.4 is 11.2 Å². The van der Waals surface area contributed by atoms with E-state index in [0.717, 1.165) is 16.6 Å². The molecule has 0 atom stereocenters. The first-order valence-electron chi connectivity index (χ1n) is 8.39. The molecule has 0 unspecified atom stereocenters. The van der Waals surface area contributed by atoms with Gasteiger partial charge < -0.3 is 5.73 Å². The van der Waals surface area contributed by atoms with E-state index in [1.54, 1.807) is 6.21 Å². The summed E-state index contributed by atoms with van der Waals surface area (Å²) in [6, 6.07) is 28.5. The van der Waals surface area contributed by atoms with Crippen molar-refractivity contribution in [2.75, 3.05) is 0 Å². The second kappa shape index (κ2) is 7.07. The summed E-state index contributed by atoms with van der Waals surface area (Å²) in [7, 11) is 0. The summed E-state index contributed by atoms with van der Waals surface area (Å²) >= 11 is 0. The zero-order valence-electron chi connectivity index (χ0n) is 14.1. The van der Waals surface area contributed by atoms with Crippen molar-refractivity contribution in [1.29, 1.82) is 0 Å². The third kappa shape index (κ3) is 3.54. The van der Waals surface area contributed by atoms with Crippen LogP contribution in [0.2, 0.25) is 0 Å². The molecule has 126 valence electrons. The van der Waals surface area contributed by atoms with Gasteiger partial charge in [-0.15, -0.1) is 0 Å². The van der Waals surface area contributed by atoms with Gasteiger partial charge in [-0.2, -0.15) is 5.10 Å². The number of nitrogens with one attached hydrogen (secondary N) is 1. The monoisotopic (exact) mass is 338 g/mol. The molecule has 4 rings (SSSR count). The molecule has 4 nitrogen and oxygen atoms in total. The number of hydrogen-bond donors (Lipinski definition) is 2. The second-order valence-electron chi connectivity index (χ2n) is 6.01. The summed E-state index contributed by atoms with van der Waals surface area (Å²) in [5, 5.41) is 8.85. The Hall–Kier alpha value is -3.66. The third-order valence-corrected chi connectivity index (χ3v) is 4.15. The van der Waals surface area contributed by atoms with Gasteiger partial charge >= 0.3 is 0 Å². The molecule has 4 heteroatoms. The number of nitrogens with zero attached hydrogens (tertiary/aromatic N) is 2.